The van der Waals surface area contributed by atoms with Crippen molar-refractivity contribution in [3.63, 3.8) is 0 Å². The Morgan fingerprint density at radius 3 is 2.13 bits per heavy atom. The van der Waals surface area contributed by atoms with Gasteiger partial charge in [0, 0.05) is 31.6 Å². The summed E-state index contributed by atoms with van der Waals surface area (Å²) >= 11 is 0. The van der Waals surface area contributed by atoms with Gasteiger partial charge < -0.3 is 10.2 Å². The number of nitrogens with one attached hydrogen (secondary N) is 1. The van der Waals surface area contributed by atoms with E-state index in [4.69, 9.17) is 0 Å². The number of Topliss-reactive ketones (excluding diaryl/α,β-unsaturated/α-hetero) is 1. The number of nitrogens with zero attached hydrogens (tertiary/aromatic N) is 1. The van der Waals surface area contributed by atoms with Gasteiger partial charge in [-0.1, -0.05) is 56.3 Å². The largest absolute Gasteiger partial charge is 0.352 e. The molecule has 2 amide bonds. The molecule has 0 aliphatic carbocycles. The molecule has 0 bridgehead atoms. The minimum absolute atomic E-state index is 0.0145. The molecule has 3 rings (SSSR count). The molecule has 1 fully saturated rings. The van der Waals surface area contributed by atoms with Crippen LogP contribution in [0.2, 0.25) is 0 Å². The predicted octanol–water partition coefficient (Wildman–Crippen LogP) is 4.08. The fraction of sp³-hybridized carbons (Fsp3) is 0.423. The quantitative estimate of drug-likeness (QED) is 0.734. The van der Waals surface area contributed by atoms with E-state index in [1.54, 1.807) is 6.92 Å². The molecule has 0 unspecified atom stereocenters. The molecule has 0 spiro atoms. The lowest BCUT2D eigenvalue weighted by Crippen LogP contribution is -2.48. The van der Waals surface area contributed by atoms with Crippen LogP contribution in [0, 0.1) is 0 Å². The fourth-order valence-electron chi connectivity index (χ4n) is 4.30. The SMILES string of the molecule is CC(=O)C1(c2ccccc2)CCN(C(=O)CCNC(=O)c2ccc(C(C)C)cc2)CC1. The number of hydrogen-bond donors (Lipinski definition) is 1. The number of amides is 2. The maximum atomic E-state index is 12.6. The summed E-state index contributed by atoms with van der Waals surface area (Å²) in [6.45, 7) is 7.28. The first-order valence-corrected chi connectivity index (χ1v) is 11.1. The summed E-state index contributed by atoms with van der Waals surface area (Å²) < 4.78 is 0. The van der Waals surface area contributed by atoms with Crippen molar-refractivity contribution in [3.05, 3.63) is 71.3 Å². The Kier molecular flexibility index (Phi) is 7.26. The van der Waals surface area contributed by atoms with E-state index in [-0.39, 0.29) is 24.0 Å². The van der Waals surface area contributed by atoms with Gasteiger partial charge in [0.2, 0.25) is 5.91 Å². The first-order chi connectivity index (χ1) is 14.8. The summed E-state index contributed by atoms with van der Waals surface area (Å²) in [7, 11) is 0. The summed E-state index contributed by atoms with van der Waals surface area (Å²) in [4.78, 5) is 39.3. The zero-order valence-corrected chi connectivity index (χ0v) is 18.7. The number of ketones is 1. The van der Waals surface area contributed by atoms with E-state index in [0.717, 1.165) is 5.56 Å². The highest BCUT2D eigenvalue weighted by molar-refractivity contribution is 5.94. The van der Waals surface area contributed by atoms with Crippen LogP contribution in [0.1, 0.15) is 67.4 Å². The van der Waals surface area contributed by atoms with Crippen LogP contribution in [0.5, 0.6) is 0 Å². The number of hydrogen-bond acceptors (Lipinski definition) is 3. The van der Waals surface area contributed by atoms with Crippen molar-refractivity contribution in [2.75, 3.05) is 19.6 Å². The fourth-order valence-corrected chi connectivity index (χ4v) is 4.30. The second kappa shape index (κ2) is 9.90. The van der Waals surface area contributed by atoms with Crippen molar-refractivity contribution < 1.29 is 14.4 Å². The van der Waals surface area contributed by atoms with Gasteiger partial charge in [0.1, 0.15) is 5.78 Å². The third-order valence-electron chi connectivity index (χ3n) is 6.43. The number of rotatable bonds is 7. The van der Waals surface area contributed by atoms with Gasteiger partial charge >= 0.3 is 0 Å². The molecule has 1 heterocycles. The van der Waals surface area contributed by atoms with Crippen molar-refractivity contribution in [1.29, 1.82) is 0 Å². The molecule has 31 heavy (non-hydrogen) atoms. The van der Waals surface area contributed by atoms with Gasteiger partial charge in [0.15, 0.2) is 0 Å². The molecule has 2 aromatic rings. The third kappa shape index (κ3) is 5.22. The molecule has 5 nitrogen and oxygen atoms in total. The van der Waals surface area contributed by atoms with Crippen LogP contribution in [0.25, 0.3) is 0 Å². The van der Waals surface area contributed by atoms with Gasteiger partial charge in [-0.05, 0) is 48.9 Å². The number of carbonyl (C=O) groups excluding carboxylic acids is 3. The Bertz CT molecular complexity index is 911. The second-order valence-corrected chi connectivity index (χ2v) is 8.67. The molecular formula is C26H32N2O3. The van der Waals surface area contributed by atoms with Gasteiger partial charge in [-0.3, -0.25) is 14.4 Å². The average molecular weight is 421 g/mol. The minimum Gasteiger partial charge on any atom is -0.352 e. The monoisotopic (exact) mass is 420 g/mol. The van der Waals surface area contributed by atoms with Crippen LogP contribution >= 0.6 is 0 Å². The minimum atomic E-state index is -0.506. The van der Waals surface area contributed by atoms with Crippen molar-refractivity contribution >= 4 is 17.6 Å². The van der Waals surface area contributed by atoms with Crippen molar-refractivity contribution in [3.8, 4) is 0 Å². The molecule has 1 aliphatic rings. The second-order valence-electron chi connectivity index (χ2n) is 8.67. The molecule has 0 aromatic heterocycles. The van der Waals surface area contributed by atoms with Gasteiger partial charge in [-0.15, -0.1) is 0 Å². The zero-order valence-electron chi connectivity index (χ0n) is 18.7. The van der Waals surface area contributed by atoms with Crippen molar-refractivity contribution in [2.24, 2.45) is 0 Å². The molecule has 164 valence electrons. The standard InChI is InChI=1S/C26H32N2O3/c1-19(2)21-9-11-22(12-10-21)25(31)27-16-13-24(30)28-17-14-26(15-18-28,20(3)29)23-7-5-4-6-8-23/h4-12,19H,13-18H2,1-3H3,(H,27,31). The summed E-state index contributed by atoms with van der Waals surface area (Å²) in [6, 6.07) is 17.4. The van der Waals surface area contributed by atoms with Crippen LogP contribution < -0.4 is 5.32 Å². The third-order valence-corrected chi connectivity index (χ3v) is 6.43. The molecule has 1 saturated heterocycles. The molecule has 0 atom stereocenters. The molecular weight excluding hydrogens is 388 g/mol. The highest BCUT2D eigenvalue weighted by atomic mass is 16.2. The average Bonchev–Trinajstić information content (AvgIpc) is 2.79. The summed E-state index contributed by atoms with van der Waals surface area (Å²) in [5.74, 6) is 0.423. The van der Waals surface area contributed by atoms with E-state index in [9.17, 15) is 14.4 Å². The Morgan fingerprint density at radius 2 is 1.58 bits per heavy atom. The van der Waals surface area contributed by atoms with Crippen LogP contribution in [0.4, 0.5) is 0 Å². The summed E-state index contributed by atoms with van der Waals surface area (Å²) in [5.41, 5.74) is 2.32. The number of likely N-dealkylation sites (tertiary alicyclic amines) is 1. The normalized spacial score (nSPS) is 15.5. The molecule has 2 aromatic carbocycles. The lowest BCUT2D eigenvalue weighted by molar-refractivity contribution is -0.135. The molecule has 0 saturated carbocycles. The van der Waals surface area contributed by atoms with Gasteiger partial charge in [0.05, 0.1) is 5.41 Å². The van der Waals surface area contributed by atoms with E-state index >= 15 is 0 Å². The topological polar surface area (TPSA) is 66.5 Å². The first-order valence-electron chi connectivity index (χ1n) is 11.1. The molecule has 1 aliphatic heterocycles. The highest BCUT2D eigenvalue weighted by Gasteiger charge is 2.41. The lowest BCUT2D eigenvalue weighted by atomic mass is 9.70. The molecule has 0 radical (unpaired) electrons. The lowest BCUT2D eigenvalue weighted by Gasteiger charge is -2.40. The van der Waals surface area contributed by atoms with E-state index in [1.807, 2.05) is 59.5 Å². The Morgan fingerprint density at radius 1 is 0.968 bits per heavy atom. The maximum absolute atomic E-state index is 12.6. The van der Waals surface area contributed by atoms with E-state index < -0.39 is 5.41 Å². The van der Waals surface area contributed by atoms with E-state index in [2.05, 4.69) is 19.2 Å². The zero-order chi connectivity index (χ0) is 22.4. The number of piperidine rings is 1. The molecule has 1 N–H and O–H groups in total. The van der Waals surface area contributed by atoms with Gasteiger partial charge in [-0.2, -0.15) is 0 Å². The Labute approximate surface area is 184 Å². The molecule has 5 heteroatoms. The number of carbonyl (C=O) groups is 3. The smallest absolute Gasteiger partial charge is 0.251 e. The maximum Gasteiger partial charge on any atom is 0.251 e. The van der Waals surface area contributed by atoms with Crippen LogP contribution in [0.15, 0.2) is 54.6 Å². The van der Waals surface area contributed by atoms with E-state index in [1.165, 1.54) is 5.56 Å². The van der Waals surface area contributed by atoms with Crippen molar-refractivity contribution in [2.45, 2.75) is 51.4 Å². The summed E-state index contributed by atoms with van der Waals surface area (Å²) in [6.07, 6.45) is 1.52. The predicted molar refractivity (Wildman–Crippen MR) is 122 cm³/mol. The first kappa shape index (κ1) is 22.7. The van der Waals surface area contributed by atoms with Gasteiger partial charge in [-0.25, -0.2) is 0 Å². The Balaban J connectivity index is 1.50. The van der Waals surface area contributed by atoms with Crippen LogP contribution in [-0.2, 0) is 15.0 Å². The van der Waals surface area contributed by atoms with Crippen LogP contribution in [0.3, 0.4) is 0 Å². The van der Waals surface area contributed by atoms with Crippen molar-refractivity contribution in [1.82, 2.24) is 10.2 Å². The van der Waals surface area contributed by atoms with Gasteiger partial charge in [0.25, 0.3) is 5.91 Å². The van der Waals surface area contributed by atoms with E-state index in [0.29, 0.717) is 44.0 Å². The Hall–Kier alpha value is -2.95. The summed E-state index contributed by atoms with van der Waals surface area (Å²) in [5, 5.41) is 2.84. The number of benzene rings is 2. The van der Waals surface area contributed by atoms with Crippen LogP contribution in [-0.4, -0.2) is 42.1 Å². The highest BCUT2D eigenvalue weighted by Crippen LogP contribution is 2.36.